The summed E-state index contributed by atoms with van der Waals surface area (Å²) >= 11 is 8.72. The summed E-state index contributed by atoms with van der Waals surface area (Å²) in [4.78, 5) is 0. The maximum atomic E-state index is 10.7. The molecule has 24 heavy (non-hydrogen) atoms. The molecule has 0 radical (unpaired) electrons. The van der Waals surface area contributed by atoms with Crippen molar-refractivity contribution in [1.82, 2.24) is 0 Å². The molecule has 2 aromatic carbocycles. The highest BCUT2D eigenvalue weighted by Crippen LogP contribution is 2.44. The van der Waals surface area contributed by atoms with E-state index in [9.17, 15) is 5.11 Å². The van der Waals surface area contributed by atoms with E-state index < -0.39 is 6.10 Å². The van der Waals surface area contributed by atoms with Gasteiger partial charge in [-0.25, -0.2) is 0 Å². The Morgan fingerprint density at radius 1 is 1.21 bits per heavy atom. The summed E-state index contributed by atoms with van der Waals surface area (Å²) in [6.45, 7) is 2.11. The van der Waals surface area contributed by atoms with Crippen LogP contribution in [0.2, 0.25) is 5.02 Å². The number of benzene rings is 2. The maximum absolute atomic E-state index is 10.7. The molecular weight excluding hydrogens is 431 g/mol. The van der Waals surface area contributed by atoms with Gasteiger partial charge >= 0.3 is 0 Å². The van der Waals surface area contributed by atoms with Crippen LogP contribution in [-0.2, 0) is 0 Å². The highest BCUT2D eigenvalue weighted by molar-refractivity contribution is 14.1. The Morgan fingerprint density at radius 2 is 1.92 bits per heavy atom. The first-order valence-electron chi connectivity index (χ1n) is 8.44. The van der Waals surface area contributed by atoms with Gasteiger partial charge in [0.15, 0.2) is 0 Å². The molecule has 0 spiro atoms. The lowest BCUT2D eigenvalue weighted by atomic mass is 9.91. The topological polar surface area (TPSA) is 20.2 Å². The van der Waals surface area contributed by atoms with Crippen molar-refractivity contribution in [3.63, 3.8) is 0 Å². The third-order valence-electron chi connectivity index (χ3n) is 4.85. The van der Waals surface area contributed by atoms with E-state index in [1.807, 2.05) is 24.3 Å². The maximum Gasteiger partial charge on any atom is 0.0810 e. The average molecular weight is 453 g/mol. The predicted molar refractivity (Wildman–Crippen MR) is 110 cm³/mol. The van der Waals surface area contributed by atoms with E-state index in [1.165, 1.54) is 26.7 Å². The Bertz CT molecular complexity index is 736. The van der Waals surface area contributed by atoms with Crippen LogP contribution in [0.1, 0.15) is 48.5 Å². The zero-order valence-corrected chi connectivity index (χ0v) is 16.7. The molecule has 1 aliphatic carbocycles. The quantitative estimate of drug-likeness (QED) is 0.511. The number of aliphatic hydroxyl groups excluding tert-OH is 1. The first-order chi connectivity index (χ1) is 11.6. The van der Waals surface area contributed by atoms with Crippen molar-refractivity contribution >= 4 is 37.8 Å². The third kappa shape index (κ3) is 4.04. The Balaban J connectivity index is 1.81. The summed E-state index contributed by atoms with van der Waals surface area (Å²) in [5.41, 5.74) is 4.90. The molecule has 1 N–H and O–H groups in total. The Morgan fingerprint density at radius 3 is 2.62 bits per heavy atom. The monoisotopic (exact) mass is 452 g/mol. The molecule has 1 nitrogen and oxygen atoms in total. The van der Waals surface area contributed by atoms with Gasteiger partial charge in [-0.1, -0.05) is 65.2 Å². The van der Waals surface area contributed by atoms with Gasteiger partial charge < -0.3 is 5.11 Å². The largest absolute Gasteiger partial charge is 0.388 e. The summed E-state index contributed by atoms with van der Waals surface area (Å²) in [5, 5.41) is 11.3. The van der Waals surface area contributed by atoms with Gasteiger partial charge in [-0.3, -0.25) is 0 Å². The predicted octanol–water partition coefficient (Wildman–Crippen LogP) is 6.72. The summed E-state index contributed by atoms with van der Waals surface area (Å²) in [6.07, 6.45) is 3.73. The molecule has 126 valence electrons. The molecule has 0 heterocycles. The van der Waals surface area contributed by atoms with Crippen molar-refractivity contribution in [2.75, 3.05) is 0 Å². The zero-order valence-electron chi connectivity index (χ0n) is 13.8. The Hall–Kier alpha value is -0.840. The van der Waals surface area contributed by atoms with Gasteiger partial charge in [-0.2, -0.15) is 0 Å². The van der Waals surface area contributed by atoms with Gasteiger partial charge in [0.25, 0.3) is 0 Å². The molecule has 2 aromatic rings. The second kappa shape index (κ2) is 8.03. The lowest BCUT2D eigenvalue weighted by molar-refractivity contribution is 0.152. The molecule has 1 fully saturated rings. The van der Waals surface area contributed by atoms with Gasteiger partial charge in [0.2, 0.25) is 0 Å². The number of halogens is 2. The van der Waals surface area contributed by atoms with Crippen LogP contribution in [0.5, 0.6) is 0 Å². The van der Waals surface area contributed by atoms with Gasteiger partial charge in [-0.05, 0) is 78.3 Å². The third-order valence-corrected chi connectivity index (χ3v) is 6.51. The van der Waals surface area contributed by atoms with E-state index in [0.717, 1.165) is 24.8 Å². The number of rotatable bonds is 4. The summed E-state index contributed by atoms with van der Waals surface area (Å²) < 4.78 is 1.35. The van der Waals surface area contributed by atoms with Gasteiger partial charge in [0, 0.05) is 8.60 Å². The number of hydrogen-bond donors (Lipinski definition) is 1. The van der Waals surface area contributed by atoms with E-state index in [4.69, 9.17) is 11.6 Å². The number of allylic oxidation sites excluding steroid dienone is 1. The standard InChI is InChI=1S/C21H22ClIO/c1-14-9-11-15(12-10-14)21(23)17-7-4-5-16(17)13-20(24)18-6-2-3-8-19(18)22/h2-3,6,8-12,16,20,24H,4-5,7,13H2,1H3/b21-17+/t16-,20-/m0/s1. The Kier molecular flexibility index (Phi) is 6.01. The number of hydrogen-bond acceptors (Lipinski definition) is 1. The van der Waals surface area contributed by atoms with E-state index in [0.29, 0.717) is 10.9 Å². The fraction of sp³-hybridized carbons (Fsp3) is 0.333. The molecule has 2 atom stereocenters. The minimum atomic E-state index is -0.501. The second-order valence-corrected chi connectivity index (χ2v) is 8.05. The van der Waals surface area contributed by atoms with Crippen molar-refractivity contribution in [1.29, 1.82) is 0 Å². The minimum Gasteiger partial charge on any atom is -0.388 e. The number of aliphatic hydroxyl groups is 1. The molecule has 1 saturated carbocycles. The van der Waals surface area contributed by atoms with Gasteiger partial charge in [0.1, 0.15) is 0 Å². The first-order valence-corrected chi connectivity index (χ1v) is 9.90. The van der Waals surface area contributed by atoms with Crippen molar-refractivity contribution in [2.24, 2.45) is 5.92 Å². The fourth-order valence-corrected chi connectivity index (χ4v) is 4.82. The summed E-state index contributed by atoms with van der Waals surface area (Å²) in [7, 11) is 0. The average Bonchev–Trinajstić information content (AvgIpc) is 3.03. The highest BCUT2D eigenvalue weighted by atomic mass is 127. The van der Waals surface area contributed by atoms with Gasteiger partial charge in [0.05, 0.1) is 6.10 Å². The zero-order chi connectivity index (χ0) is 17.1. The summed E-state index contributed by atoms with van der Waals surface area (Å²) in [5.74, 6) is 0.435. The molecule has 1 aliphatic rings. The van der Waals surface area contributed by atoms with Crippen molar-refractivity contribution in [3.05, 3.63) is 75.8 Å². The van der Waals surface area contributed by atoms with Crippen LogP contribution in [-0.4, -0.2) is 5.11 Å². The lowest BCUT2D eigenvalue weighted by Crippen LogP contribution is -2.07. The van der Waals surface area contributed by atoms with Crippen LogP contribution in [0.3, 0.4) is 0 Å². The van der Waals surface area contributed by atoms with E-state index in [2.05, 4.69) is 53.8 Å². The molecule has 0 aliphatic heterocycles. The lowest BCUT2D eigenvalue weighted by Gasteiger charge is -2.20. The van der Waals surface area contributed by atoms with Crippen LogP contribution in [0.25, 0.3) is 3.58 Å². The molecule has 0 unspecified atom stereocenters. The number of aryl methyl sites for hydroxylation is 1. The van der Waals surface area contributed by atoms with Crippen LogP contribution in [0.15, 0.2) is 54.1 Å². The molecule has 0 saturated heterocycles. The Labute approximate surface area is 162 Å². The van der Waals surface area contributed by atoms with Gasteiger partial charge in [-0.15, -0.1) is 0 Å². The first kappa shape index (κ1) is 18.0. The van der Waals surface area contributed by atoms with E-state index >= 15 is 0 Å². The minimum absolute atomic E-state index is 0.435. The van der Waals surface area contributed by atoms with Crippen LogP contribution >= 0.6 is 34.2 Å². The summed E-state index contributed by atoms with van der Waals surface area (Å²) in [6, 6.07) is 16.3. The van der Waals surface area contributed by atoms with Crippen LogP contribution in [0.4, 0.5) is 0 Å². The molecule has 0 aromatic heterocycles. The molecular formula is C21H22ClIO. The van der Waals surface area contributed by atoms with Crippen LogP contribution in [0, 0.1) is 12.8 Å². The molecule has 3 heteroatoms. The second-order valence-electron chi connectivity index (χ2n) is 6.57. The SMILES string of the molecule is Cc1ccc(/C(I)=C2/CCC[C@H]2C[C@H](O)c2ccccc2Cl)cc1. The highest BCUT2D eigenvalue weighted by Gasteiger charge is 2.27. The van der Waals surface area contributed by atoms with Crippen LogP contribution < -0.4 is 0 Å². The molecule has 0 amide bonds. The van der Waals surface area contributed by atoms with Crippen molar-refractivity contribution < 1.29 is 5.11 Å². The fourth-order valence-electron chi connectivity index (χ4n) is 3.49. The van der Waals surface area contributed by atoms with Crippen molar-refractivity contribution in [3.8, 4) is 0 Å². The van der Waals surface area contributed by atoms with Crippen molar-refractivity contribution in [2.45, 2.75) is 38.7 Å². The molecule has 3 rings (SSSR count). The normalized spacial score (nSPS) is 20.9. The smallest absolute Gasteiger partial charge is 0.0810 e. The molecule has 0 bridgehead atoms. The van der Waals surface area contributed by atoms with E-state index in [-0.39, 0.29) is 0 Å². The van der Waals surface area contributed by atoms with E-state index in [1.54, 1.807) is 0 Å².